The summed E-state index contributed by atoms with van der Waals surface area (Å²) in [5, 5.41) is 0. The molecule has 1 aromatic carbocycles. The van der Waals surface area contributed by atoms with E-state index >= 15 is 0 Å². The maximum atomic E-state index is 6.00. The smallest absolute Gasteiger partial charge is 0.129 e. The lowest BCUT2D eigenvalue weighted by Crippen LogP contribution is -2.32. The highest BCUT2D eigenvalue weighted by atomic mass is 14.9. The number of hydrogen-bond donors (Lipinski definition) is 1. The van der Waals surface area contributed by atoms with E-state index in [9.17, 15) is 0 Å². The number of benzene rings is 1. The number of aryl methyl sites for hydroxylation is 2. The van der Waals surface area contributed by atoms with Crippen molar-refractivity contribution in [2.45, 2.75) is 39.2 Å². The van der Waals surface area contributed by atoms with Crippen molar-refractivity contribution in [3.05, 3.63) is 47.9 Å². The summed E-state index contributed by atoms with van der Waals surface area (Å²) in [6, 6.07) is 10.3. The Labute approximate surface area is 114 Å². The van der Waals surface area contributed by atoms with Gasteiger partial charge in [0.25, 0.3) is 0 Å². The SMILES string of the molecule is Cc1cccc(-c2ccnc(CCC(C)(C)N)n2)c1. The summed E-state index contributed by atoms with van der Waals surface area (Å²) in [5.41, 5.74) is 9.17. The van der Waals surface area contributed by atoms with Crippen molar-refractivity contribution in [3.63, 3.8) is 0 Å². The number of hydrogen-bond acceptors (Lipinski definition) is 3. The van der Waals surface area contributed by atoms with Crippen molar-refractivity contribution in [3.8, 4) is 11.3 Å². The molecule has 19 heavy (non-hydrogen) atoms. The fourth-order valence-electron chi connectivity index (χ4n) is 1.92. The molecule has 3 heteroatoms. The zero-order valence-electron chi connectivity index (χ0n) is 11.9. The Morgan fingerprint density at radius 2 is 2.00 bits per heavy atom. The normalized spacial score (nSPS) is 11.6. The number of aromatic nitrogens is 2. The van der Waals surface area contributed by atoms with E-state index in [0.717, 1.165) is 29.9 Å². The second kappa shape index (κ2) is 5.49. The van der Waals surface area contributed by atoms with Crippen LogP contribution in [0.4, 0.5) is 0 Å². The van der Waals surface area contributed by atoms with Crippen LogP contribution in [0.25, 0.3) is 11.3 Å². The van der Waals surface area contributed by atoms with E-state index in [1.165, 1.54) is 5.56 Å². The largest absolute Gasteiger partial charge is 0.326 e. The van der Waals surface area contributed by atoms with E-state index in [0.29, 0.717) is 0 Å². The van der Waals surface area contributed by atoms with Crippen LogP contribution in [0.3, 0.4) is 0 Å². The third-order valence-electron chi connectivity index (χ3n) is 3.01. The molecule has 0 amide bonds. The molecule has 0 saturated carbocycles. The zero-order valence-corrected chi connectivity index (χ0v) is 11.9. The third-order valence-corrected chi connectivity index (χ3v) is 3.01. The predicted octanol–water partition coefficient (Wildman–Crippen LogP) is 3.12. The highest BCUT2D eigenvalue weighted by Crippen LogP contribution is 2.18. The van der Waals surface area contributed by atoms with Crippen molar-refractivity contribution in [1.82, 2.24) is 9.97 Å². The maximum Gasteiger partial charge on any atom is 0.129 e. The molecule has 2 aromatic rings. The van der Waals surface area contributed by atoms with Gasteiger partial charge in [0.05, 0.1) is 5.69 Å². The maximum absolute atomic E-state index is 6.00. The summed E-state index contributed by atoms with van der Waals surface area (Å²) in [5.74, 6) is 0.859. The van der Waals surface area contributed by atoms with Gasteiger partial charge in [-0.1, -0.05) is 23.8 Å². The van der Waals surface area contributed by atoms with Crippen molar-refractivity contribution in [2.24, 2.45) is 5.73 Å². The van der Waals surface area contributed by atoms with Gasteiger partial charge in [-0.3, -0.25) is 0 Å². The molecule has 0 atom stereocenters. The van der Waals surface area contributed by atoms with E-state index in [4.69, 9.17) is 5.73 Å². The Morgan fingerprint density at radius 1 is 1.21 bits per heavy atom. The zero-order chi connectivity index (χ0) is 13.9. The molecule has 0 radical (unpaired) electrons. The van der Waals surface area contributed by atoms with Crippen LogP contribution in [-0.2, 0) is 6.42 Å². The summed E-state index contributed by atoms with van der Waals surface area (Å²) >= 11 is 0. The lowest BCUT2D eigenvalue weighted by Gasteiger charge is -2.17. The Morgan fingerprint density at radius 3 is 2.68 bits per heavy atom. The van der Waals surface area contributed by atoms with E-state index in [-0.39, 0.29) is 5.54 Å². The molecular weight excluding hydrogens is 234 g/mol. The molecular formula is C16H21N3. The first-order valence-corrected chi connectivity index (χ1v) is 6.62. The minimum Gasteiger partial charge on any atom is -0.326 e. The lowest BCUT2D eigenvalue weighted by atomic mass is 10.00. The molecule has 0 aliphatic carbocycles. The molecule has 3 nitrogen and oxygen atoms in total. The monoisotopic (exact) mass is 255 g/mol. The predicted molar refractivity (Wildman–Crippen MR) is 78.8 cm³/mol. The third kappa shape index (κ3) is 4.14. The Kier molecular flexibility index (Phi) is 3.96. The van der Waals surface area contributed by atoms with E-state index in [1.54, 1.807) is 0 Å². The van der Waals surface area contributed by atoms with Gasteiger partial charge in [0.2, 0.25) is 0 Å². The number of nitrogens with two attached hydrogens (primary N) is 1. The van der Waals surface area contributed by atoms with Gasteiger partial charge in [-0.25, -0.2) is 9.97 Å². The van der Waals surface area contributed by atoms with Crippen LogP contribution in [-0.4, -0.2) is 15.5 Å². The second-order valence-corrected chi connectivity index (χ2v) is 5.72. The van der Waals surface area contributed by atoms with Gasteiger partial charge in [0.1, 0.15) is 5.82 Å². The fourth-order valence-corrected chi connectivity index (χ4v) is 1.92. The molecule has 1 aromatic heterocycles. The summed E-state index contributed by atoms with van der Waals surface area (Å²) in [7, 11) is 0. The molecule has 0 aliphatic rings. The van der Waals surface area contributed by atoms with Gasteiger partial charge >= 0.3 is 0 Å². The average Bonchev–Trinajstić information content (AvgIpc) is 2.36. The van der Waals surface area contributed by atoms with Gasteiger partial charge in [-0.05, 0) is 39.3 Å². The van der Waals surface area contributed by atoms with Crippen LogP contribution < -0.4 is 5.73 Å². The van der Waals surface area contributed by atoms with Crippen LogP contribution >= 0.6 is 0 Å². The molecule has 0 saturated heterocycles. The van der Waals surface area contributed by atoms with Gasteiger partial charge in [-0.2, -0.15) is 0 Å². The summed E-state index contributed by atoms with van der Waals surface area (Å²) in [4.78, 5) is 8.94. The molecule has 1 heterocycles. The molecule has 0 unspecified atom stereocenters. The number of rotatable bonds is 4. The Hall–Kier alpha value is -1.74. The quantitative estimate of drug-likeness (QED) is 0.913. The van der Waals surface area contributed by atoms with Crippen molar-refractivity contribution in [2.75, 3.05) is 0 Å². The van der Waals surface area contributed by atoms with Gasteiger partial charge in [0, 0.05) is 23.7 Å². The Balaban J connectivity index is 2.20. The molecule has 0 spiro atoms. The minimum absolute atomic E-state index is 0.178. The summed E-state index contributed by atoms with van der Waals surface area (Å²) < 4.78 is 0. The average molecular weight is 255 g/mol. The van der Waals surface area contributed by atoms with Crippen LogP contribution in [0.15, 0.2) is 36.5 Å². The minimum atomic E-state index is -0.178. The van der Waals surface area contributed by atoms with Crippen LogP contribution in [0.2, 0.25) is 0 Å². The van der Waals surface area contributed by atoms with Crippen molar-refractivity contribution < 1.29 is 0 Å². The standard InChI is InChI=1S/C16H21N3/c1-12-5-4-6-13(11-12)14-8-10-18-15(19-14)7-9-16(2,3)17/h4-6,8,10-11H,7,9,17H2,1-3H3. The first-order valence-electron chi connectivity index (χ1n) is 6.62. The first kappa shape index (κ1) is 13.7. The van der Waals surface area contributed by atoms with Crippen molar-refractivity contribution in [1.29, 1.82) is 0 Å². The molecule has 2 rings (SSSR count). The molecule has 100 valence electrons. The molecule has 2 N–H and O–H groups in total. The first-order chi connectivity index (χ1) is 8.94. The van der Waals surface area contributed by atoms with Crippen LogP contribution in [0.5, 0.6) is 0 Å². The fraction of sp³-hybridized carbons (Fsp3) is 0.375. The van der Waals surface area contributed by atoms with Crippen molar-refractivity contribution >= 4 is 0 Å². The highest BCUT2D eigenvalue weighted by molar-refractivity contribution is 5.59. The number of nitrogens with zero attached hydrogens (tertiary/aromatic N) is 2. The van der Waals surface area contributed by atoms with Gasteiger partial charge in [0.15, 0.2) is 0 Å². The van der Waals surface area contributed by atoms with Crippen LogP contribution in [0, 0.1) is 6.92 Å². The molecule has 0 bridgehead atoms. The lowest BCUT2D eigenvalue weighted by molar-refractivity contribution is 0.471. The molecule has 0 aliphatic heterocycles. The van der Waals surface area contributed by atoms with Gasteiger partial charge in [-0.15, -0.1) is 0 Å². The topological polar surface area (TPSA) is 51.8 Å². The van der Waals surface area contributed by atoms with Crippen LogP contribution in [0.1, 0.15) is 31.7 Å². The Bertz CT molecular complexity index is 556. The van der Waals surface area contributed by atoms with E-state index in [1.807, 2.05) is 26.1 Å². The summed E-state index contributed by atoms with van der Waals surface area (Å²) in [6.07, 6.45) is 3.51. The van der Waals surface area contributed by atoms with E-state index in [2.05, 4.69) is 41.2 Å². The highest BCUT2D eigenvalue weighted by Gasteiger charge is 2.12. The second-order valence-electron chi connectivity index (χ2n) is 5.72. The van der Waals surface area contributed by atoms with Gasteiger partial charge < -0.3 is 5.73 Å². The van der Waals surface area contributed by atoms with E-state index < -0.39 is 0 Å². The summed E-state index contributed by atoms with van der Waals surface area (Å²) in [6.45, 7) is 6.14. The molecule has 0 fully saturated rings.